The quantitative estimate of drug-likeness (QED) is 0.466. The fourth-order valence-corrected chi connectivity index (χ4v) is 0.790. The molecule has 8 nitrogen and oxygen atoms in total. The molecule has 0 unspecified atom stereocenters. The number of rotatable bonds is 6. The molecule has 1 aromatic carbocycles. The number of aliphatic carboxylic acids is 3. The molecule has 0 aromatic heterocycles. The van der Waals surface area contributed by atoms with E-state index in [1.165, 1.54) is 5.56 Å². The summed E-state index contributed by atoms with van der Waals surface area (Å²) in [7, 11) is 0. The highest BCUT2D eigenvalue weighted by Gasteiger charge is 1.86. The Morgan fingerprint density at radius 3 is 1.23 bits per heavy atom. The summed E-state index contributed by atoms with van der Waals surface area (Å²) in [6.07, 6.45) is 5.48. The minimum atomic E-state index is -0.981. The lowest BCUT2D eigenvalue weighted by molar-refractivity contribution is -0.137. The Morgan fingerprint density at radius 1 is 0.767 bits per heavy atom. The van der Waals surface area contributed by atoms with Gasteiger partial charge in [-0.05, 0) is 12.5 Å². The molecular formula is C22H28O8. The average molecular weight is 420 g/mol. The van der Waals surface area contributed by atoms with Gasteiger partial charge in [0.15, 0.2) is 0 Å². The second kappa shape index (κ2) is 27.0. The summed E-state index contributed by atoms with van der Waals surface area (Å²) >= 11 is 0. The first-order chi connectivity index (χ1) is 14.1. The zero-order valence-electron chi connectivity index (χ0n) is 16.9. The van der Waals surface area contributed by atoms with E-state index in [1.807, 2.05) is 36.4 Å². The van der Waals surface area contributed by atoms with Crippen LogP contribution in [0, 0.1) is 0 Å². The molecule has 0 aliphatic rings. The molecule has 1 rings (SSSR count). The number of carboxylic acids is 3. The predicted octanol–water partition coefficient (Wildman–Crippen LogP) is 3.84. The number of esters is 1. The summed E-state index contributed by atoms with van der Waals surface area (Å²) in [5.41, 5.74) is 1.17. The lowest BCUT2D eigenvalue weighted by atomic mass is 10.2. The van der Waals surface area contributed by atoms with Gasteiger partial charge in [-0.15, -0.1) is 0 Å². The minimum absolute atomic E-state index is 0.359. The number of hydrogen-bond donors (Lipinski definition) is 3. The highest BCUT2D eigenvalue weighted by Crippen LogP contribution is 1.97. The van der Waals surface area contributed by atoms with Crippen LogP contribution in [0.15, 0.2) is 87.5 Å². The van der Waals surface area contributed by atoms with Crippen molar-refractivity contribution in [1.82, 2.24) is 0 Å². The molecule has 0 saturated heterocycles. The molecule has 0 heterocycles. The van der Waals surface area contributed by atoms with Crippen molar-refractivity contribution in [2.75, 3.05) is 6.61 Å². The van der Waals surface area contributed by atoms with Gasteiger partial charge in [0.25, 0.3) is 0 Å². The first-order valence-corrected chi connectivity index (χ1v) is 8.08. The Kier molecular flexibility index (Phi) is 30.1. The molecule has 0 aliphatic heterocycles. The van der Waals surface area contributed by atoms with Crippen LogP contribution < -0.4 is 0 Å². The molecule has 1 aromatic rings. The van der Waals surface area contributed by atoms with Crippen LogP contribution in [-0.4, -0.2) is 45.8 Å². The van der Waals surface area contributed by atoms with Crippen LogP contribution in [-0.2, 0) is 23.9 Å². The third-order valence-electron chi connectivity index (χ3n) is 2.01. The summed E-state index contributed by atoms with van der Waals surface area (Å²) in [5.74, 6) is -3.30. The van der Waals surface area contributed by atoms with Crippen LogP contribution in [0.5, 0.6) is 0 Å². The smallest absolute Gasteiger partial charge is 0.330 e. The molecule has 0 amide bonds. The SMILES string of the molecule is C=CC(=O)O.C=CC(=O)O.C=CC(=O)O.C=CC(=O)OCC.C=Cc1ccccc1. The normalized spacial score (nSPS) is 7.23. The van der Waals surface area contributed by atoms with Gasteiger partial charge in [0.2, 0.25) is 0 Å². The largest absolute Gasteiger partial charge is 0.478 e. The van der Waals surface area contributed by atoms with E-state index in [-0.39, 0.29) is 5.97 Å². The highest BCUT2D eigenvalue weighted by molar-refractivity contribution is 5.81. The topological polar surface area (TPSA) is 138 Å². The molecule has 0 fully saturated rings. The molecule has 0 atom stereocenters. The fourth-order valence-electron chi connectivity index (χ4n) is 0.790. The van der Waals surface area contributed by atoms with Gasteiger partial charge in [0.1, 0.15) is 0 Å². The third-order valence-corrected chi connectivity index (χ3v) is 2.01. The number of carboxylic acid groups (broad SMARTS) is 3. The molecule has 0 spiro atoms. The minimum Gasteiger partial charge on any atom is -0.478 e. The Hall–Kier alpha value is -4.20. The molecule has 0 radical (unpaired) electrons. The summed E-state index contributed by atoms with van der Waals surface area (Å²) in [4.78, 5) is 37.8. The van der Waals surface area contributed by atoms with Crippen molar-refractivity contribution in [2.45, 2.75) is 6.92 Å². The maximum absolute atomic E-state index is 10.1. The lowest BCUT2D eigenvalue weighted by Crippen LogP contribution is -1.97. The Balaban J connectivity index is -0.000000144. The number of ether oxygens (including phenoxy) is 1. The Bertz CT molecular complexity index is 633. The maximum atomic E-state index is 10.1. The van der Waals surface area contributed by atoms with E-state index < -0.39 is 17.9 Å². The second-order valence-corrected chi connectivity index (χ2v) is 4.20. The molecule has 3 N–H and O–H groups in total. The fraction of sp³-hybridized carbons (Fsp3) is 0.0909. The average Bonchev–Trinajstić information content (AvgIpc) is 2.75. The third kappa shape index (κ3) is 43.8. The van der Waals surface area contributed by atoms with Crippen molar-refractivity contribution >= 4 is 30.0 Å². The zero-order valence-corrected chi connectivity index (χ0v) is 16.9. The van der Waals surface area contributed by atoms with Crippen molar-refractivity contribution in [1.29, 1.82) is 0 Å². The van der Waals surface area contributed by atoms with Gasteiger partial charge in [-0.2, -0.15) is 0 Å². The van der Waals surface area contributed by atoms with Crippen molar-refractivity contribution < 1.29 is 39.2 Å². The molecular weight excluding hydrogens is 392 g/mol. The number of benzene rings is 1. The van der Waals surface area contributed by atoms with Crippen molar-refractivity contribution in [3.8, 4) is 0 Å². The maximum Gasteiger partial charge on any atom is 0.330 e. The predicted molar refractivity (Wildman–Crippen MR) is 117 cm³/mol. The standard InChI is InChI=1S/C8H8.C5H8O2.3C3H4O2/c1-2-8-6-4-3-5-7-8;1-3-5(6)7-4-2;3*1-2-3(4)5/h2-7H,1H2;3H,1,4H2,2H3;3*2H,1H2,(H,4,5). The van der Waals surface area contributed by atoms with E-state index in [0.29, 0.717) is 6.61 Å². The molecule has 0 saturated carbocycles. The van der Waals surface area contributed by atoms with E-state index in [4.69, 9.17) is 15.3 Å². The van der Waals surface area contributed by atoms with Crippen molar-refractivity contribution in [3.63, 3.8) is 0 Å². The van der Waals surface area contributed by atoms with Crippen LogP contribution >= 0.6 is 0 Å². The van der Waals surface area contributed by atoms with E-state index >= 15 is 0 Å². The summed E-state index contributed by atoms with van der Waals surface area (Å²) in [6.45, 7) is 17.9. The second-order valence-electron chi connectivity index (χ2n) is 4.20. The van der Waals surface area contributed by atoms with Gasteiger partial charge >= 0.3 is 23.9 Å². The summed E-state index contributed by atoms with van der Waals surface area (Å²) in [6, 6.07) is 10.0. The molecule has 0 bridgehead atoms. The molecule has 30 heavy (non-hydrogen) atoms. The first-order valence-electron chi connectivity index (χ1n) is 8.08. The van der Waals surface area contributed by atoms with E-state index in [2.05, 4.69) is 37.6 Å². The summed E-state index contributed by atoms with van der Waals surface area (Å²) < 4.78 is 4.43. The first kappa shape index (κ1) is 33.4. The van der Waals surface area contributed by atoms with Gasteiger partial charge in [-0.1, -0.05) is 69.3 Å². The van der Waals surface area contributed by atoms with E-state index in [1.54, 1.807) is 6.92 Å². The van der Waals surface area contributed by atoms with Crippen molar-refractivity contribution in [2.24, 2.45) is 0 Å². The number of carbonyl (C=O) groups excluding carboxylic acids is 1. The summed E-state index contributed by atoms with van der Waals surface area (Å²) in [5, 5.41) is 22.8. The van der Waals surface area contributed by atoms with Crippen LogP contribution in [0.2, 0.25) is 0 Å². The molecule has 164 valence electrons. The van der Waals surface area contributed by atoms with Gasteiger partial charge in [-0.3, -0.25) is 0 Å². The lowest BCUT2D eigenvalue weighted by Gasteiger charge is -1.90. The van der Waals surface area contributed by atoms with Crippen LogP contribution in [0.4, 0.5) is 0 Å². The van der Waals surface area contributed by atoms with E-state index in [0.717, 1.165) is 24.3 Å². The van der Waals surface area contributed by atoms with Gasteiger partial charge in [0, 0.05) is 24.3 Å². The van der Waals surface area contributed by atoms with Gasteiger partial charge < -0.3 is 20.1 Å². The number of hydrogen-bond acceptors (Lipinski definition) is 5. The van der Waals surface area contributed by atoms with Crippen LogP contribution in [0.1, 0.15) is 12.5 Å². The molecule has 0 aliphatic carbocycles. The van der Waals surface area contributed by atoms with Crippen LogP contribution in [0.3, 0.4) is 0 Å². The Labute approximate surface area is 176 Å². The monoisotopic (exact) mass is 420 g/mol. The van der Waals surface area contributed by atoms with Crippen LogP contribution in [0.25, 0.3) is 6.08 Å². The number of carbonyl (C=O) groups is 4. The van der Waals surface area contributed by atoms with Gasteiger partial charge in [0.05, 0.1) is 6.61 Å². The molecule has 8 heteroatoms. The zero-order chi connectivity index (χ0) is 24.4. The van der Waals surface area contributed by atoms with E-state index in [9.17, 15) is 19.2 Å². The van der Waals surface area contributed by atoms with Gasteiger partial charge in [-0.25, -0.2) is 19.2 Å². The Morgan fingerprint density at radius 2 is 1.10 bits per heavy atom. The highest BCUT2D eigenvalue weighted by atomic mass is 16.5. The van der Waals surface area contributed by atoms with Crippen molar-refractivity contribution in [3.05, 3.63) is 93.1 Å².